The normalized spacial score (nSPS) is 14.6. The number of ether oxygens (including phenoxy) is 1. The van der Waals surface area contributed by atoms with E-state index < -0.39 is 0 Å². The van der Waals surface area contributed by atoms with Gasteiger partial charge in [0.1, 0.15) is 23.2 Å². The zero-order chi connectivity index (χ0) is 17.6. The second-order valence-electron chi connectivity index (χ2n) is 6.06. The van der Waals surface area contributed by atoms with Gasteiger partial charge in [-0.05, 0) is 36.8 Å². The lowest BCUT2D eigenvalue weighted by molar-refractivity contribution is 0.410. The molecule has 2 aromatic carbocycles. The highest BCUT2D eigenvalue weighted by atomic mass is 16.5. The van der Waals surface area contributed by atoms with Gasteiger partial charge in [-0.25, -0.2) is 4.98 Å². The van der Waals surface area contributed by atoms with Crippen LogP contribution in [0.15, 0.2) is 48.2 Å². The zero-order valence-electron chi connectivity index (χ0n) is 14.0. The molecule has 0 unspecified atom stereocenters. The number of aromatic amines is 1. The third-order valence-corrected chi connectivity index (χ3v) is 4.34. The lowest BCUT2D eigenvalue weighted by atomic mass is 10.2. The van der Waals surface area contributed by atoms with Crippen LogP contribution in [-0.4, -0.2) is 34.6 Å². The van der Waals surface area contributed by atoms with E-state index in [0.29, 0.717) is 17.1 Å². The summed E-state index contributed by atoms with van der Waals surface area (Å²) in [5.41, 5.74) is 4.05. The zero-order valence-corrected chi connectivity index (χ0v) is 14.0. The molecule has 1 aliphatic heterocycles. The van der Waals surface area contributed by atoms with Gasteiger partial charge in [-0.3, -0.25) is 5.41 Å². The quantitative estimate of drug-likeness (QED) is 0.682. The lowest BCUT2D eigenvalue weighted by Crippen LogP contribution is -2.26. The molecule has 2 heterocycles. The fourth-order valence-corrected chi connectivity index (χ4v) is 3.07. The van der Waals surface area contributed by atoms with Crippen molar-refractivity contribution < 1.29 is 9.84 Å². The first-order chi connectivity index (χ1) is 12.1. The molecule has 0 saturated heterocycles. The van der Waals surface area contributed by atoms with Crippen LogP contribution >= 0.6 is 0 Å². The van der Waals surface area contributed by atoms with Gasteiger partial charge in [0.15, 0.2) is 0 Å². The number of H-pyrrole nitrogens is 1. The topological polar surface area (TPSA) is 85.2 Å². The molecule has 25 heavy (non-hydrogen) atoms. The highest BCUT2D eigenvalue weighted by molar-refractivity contribution is 6.30. The molecular weight excluding hydrogens is 316 g/mol. The number of nitrogens with zero attached hydrogens (tertiary/aromatic N) is 2. The van der Waals surface area contributed by atoms with Crippen LogP contribution in [0.5, 0.6) is 5.75 Å². The average molecular weight is 334 g/mol. The Hall–Kier alpha value is -3.28. The van der Waals surface area contributed by atoms with Gasteiger partial charge in [-0.2, -0.15) is 0 Å². The van der Waals surface area contributed by atoms with Crippen LogP contribution in [0.4, 0.5) is 5.69 Å². The summed E-state index contributed by atoms with van der Waals surface area (Å²) in [5, 5.41) is 19.0. The molecule has 0 aliphatic carbocycles. The predicted octanol–water partition coefficient (Wildman–Crippen LogP) is 3.65. The van der Waals surface area contributed by atoms with E-state index in [-0.39, 0.29) is 18.1 Å². The largest absolute Gasteiger partial charge is 0.509 e. The number of benzene rings is 2. The van der Waals surface area contributed by atoms with Gasteiger partial charge in [0.25, 0.3) is 0 Å². The smallest absolute Gasteiger partial charge is 0.145 e. The van der Waals surface area contributed by atoms with Crippen LogP contribution in [0.2, 0.25) is 0 Å². The fraction of sp³-hybridized carbons (Fsp3) is 0.158. The van der Waals surface area contributed by atoms with Crippen LogP contribution in [0.25, 0.3) is 16.6 Å². The average Bonchev–Trinajstić information content (AvgIpc) is 3.14. The minimum Gasteiger partial charge on any atom is -0.509 e. The van der Waals surface area contributed by atoms with Gasteiger partial charge in [0.2, 0.25) is 0 Å². The highest BCUT2D eigenvalue weighted by Crippen LogP contribution is 2.32. The van der Waals surface area contributed by atoms with Crippen molar-refractivity contribution in [3.05, 3.63) is 59.6 Å². The first kappa shape index (κ1) is 15.3. The summed E-state index contributed by atoms with van der Waals surface area (Å²) in [4.78, 5) is 9.47. The van der Waals surface area contributed by atoms with Gasteiger partial charge < -0.3 is 19.7 Å². The Morgan fingerprint density at radius 2 is 2.08 bits per heavy atom. The number of aryl methyl sites for hydroxylation is 1. The molecule has 1 aliphatic rings. The number of anilines is 1. The Morgan fingerprint density at radius 3 is 2.88 bits per heavy atom. The number of amidine groups is 1. The van der Waals surface area contributed by atoms with E-state index in [2.05, 4.69) is 9.97 Å². The van der Waals surface area contributed by atoms with Crippen LogP contribution in [0.3, 0.4) is 0 Å². The summed E-state index contributed by atoms with van der Waals surface area (Å²) < 4.78 is 5.25. The second kappa shape index (κ2) is 5.66. The van der Waals surface area contributed by atoms with Crippen molar-refractivity contribution in [1.29, 1.82) is 5.41 Å². The number of imidazole rings is 1. The monoisotopic (exact) mass is 334 g/mol. The summed E-state index contributed by atoms with van der Waals surface area (Å²) in [6, 6.07) is 13.4. The molecule has 0 spiro atoms. The van der Waals surface area contributed by atoms with Crippen molar-refractivity contribution >= 4 is 28.1 Å². The van der Waals surface area contributed by atoms with Crippen LogP contribution in [-0.2, 0) is 0 Å². The van der Waals surface area contributed by atoms with Crippen molar-refractivity contribution in [2.45, 2.75) is 6.92 Å². The van der Waals surface area contributed by atoms with Gasteiger partial charge in [0, 0.05) is 11.8 Å². The van der Waals surface area contributed by atoms with Crippen molar-refractivity contribution in [3.63, 3.8) is 0 Å². The van der Waals surface area contributed by atoms with Crippen LogP contribution in [0.1, 0.15) is 11.4 Å². The highest BCUT2D eigenvalue weighted by Gasteiger charge is 2.31. The minimum atomic E-state index is 0.128. The van der Waals surface area contributed by atoms with Crippen molar-refractivity contribution in [3.8, 4) is 5.75 Å². The van der Waals surface area contributed by atoms with Crippen molar-refractivity contribution in [1.82, 2.24) is 9.97 Å². The molecule has 0 fully saturated rings. The van der Waals surface area contributed by atoms with Crippen LogP contribution < -0.4 is 9.64 Å². The number of hydrogen-bond acceptors (Lipinski definition) is 4. The van der Waals surface area contributed by atoms with Gasteiger partial charge >= 0.3 is 0 Å². The SMILES string of the molecule is COc1cccc(N2CC(O)=C(c3nc4ccc(C)cc4[nH]3)C2=N)c1. The van der Waals surface area contributed by atoms with E-state index in [1.807, 2.05) is 49.4 Å². The van der Waals surface area contributed by atoms with Gasteiger partial charge in [-0.1, -0.05) is 12.1 Å². The summed E-state index contributed by atoms with van der Waals surface area (Å²) in [5.74, 6) is 1.55. The number of methoxy groups -OCH3 is 1. The van der Waals surface area contributed by atoms with E-state index in [4.69, 9.17) is 10.1 Å². The molecule has 3 N–H and O–H groups in total. The number of fused-ring (bicyclic) bond motifs is 1. The Balaban J connectivity index is 1.72. The number of nitrogens with one attached hydrogen (secondary N) is 2. The number of aromatic nitrogens is 2. The molecule has 3 aromatic rings. The summed E-state index contributed by atoms with van der Waals surface area (Å²) in [7, 11) is 1.60. The minimum absolute atomic E-state index is 0.128. The van der Waals surface area contributed by atoms with E-state index in [1.54, 1.807) is 12.0 Å². The number of hydrogen-bond donors (Lipinski definition) is 3. The molecule has 6 heteroatoms. The number of aliphatic hydroxyl groups is 1. The molecule has 0 atom stereocenters. The molecular formula is C19H18N4O2. The Morgan fingerprint density at radius 1 is 1.24 bits per heavy atom. The molecule has 4 rings (SSSR count). The Kier molecular flexibility index (Phi) is 3.46. The summed E-state index contributed by atoms with van der Waals surface area (Å²) in [6.07, 6.45) is 0. The van der Waals surface area contributed by atoms with Gasteiger partial charge in [-0.15, -0.1) is 0 Å². The Labute approximate surface area is 144 Å². The standard InChI is InChI=1S/C19H18N4O2/c1-11-6-7-14-15(8-11)22-19(21-14)17-16(24)10-23(18(17)20)12-4-3-5-13(9-12)25-2/h3-9,20,24H,10H2,1-2H3,(H,21,22). The summed E-state index contributed by atoms with van der Waals surface area (Å²) >= 11 is 0. The summed E-state index contributed by atoms with van der Waals surface area (Å²) in [6.45, 7) is 2.25. The molecule has 0 bridgehead atoms. The molecule has 6 nitrogen and oxygen atoms in total. The van der Waals surface area contributed by atoms with Crippen molar-refractivity contribution in [2.75, 3.05) is 18.6 Å². The molecule has 0 saturated carbocycles. The van der Waals surface area contributed by atoms with Gasteiger partial charge in [0.05, 0.1) is 30.3 Å². The third kappa shape index (κ3) is 2.52. The first-order valence-electron chi connectivity index (χ1n) is 7.96. The maximum atomic E-state index is 10.5. The molecule has 126 valence electrons. The lowest BCUT2D eigenvalue weighted by Gasteiger charge is -2.19. The van der Waals surface area contributed by atoms with Crippen LogP contribution in [0, 0.1) is 12.3 Å². The third-order valence-electron chi connectivity index (χ3n) is 4.34. The van der Waals surface area contributed by atoms with Crippen molar-refractivity contribution in [2.24, 2.45) is 0 Å². The number of aliphatic hydroxyl groups excluding tert-OH is 1. The number of rotatable bonds is 3. The molecule has 0 amide bonds. The fourth-order valence-electron chi connectivity index (χ4n) is 3.07. The molecule has 1 aromatic heterocycles. The first-order valence-corrected chi connectivity index (χ1v) is 7.96. The Bertz CT molecular complexity index is 1020. The van der Waals surface area contributed by atoms with E-state index in [1.165, 1.54) is 0 Å². The van der Waals surface area contributed by atoms with E-state index in [9.17, 15) is 5.11 Å². The van der Waals surface area contributed by atoms with E-state index in [0.717, 1.165) is 22.3 Å². The van der Waals surface area contributed by atoms with E-state index >= 15 is 0 Å². The second-order valence-corrected chi connectivity index (χ2v) is 6.06. The maximum absolute atomic E-state index is 10.5. The maximum Gasteiger partial charge on any atom is 0.145 e. The molecule has 0 radical (unpaired) electrons. The predicted molar refractivity (Wildman–Crippen MR) is 98.4 cm³/mol.